The van der Waals surface area contributed by atoms with Crippen molar-refractivity contribution in [1.82, 2.24) is 19.9 Å². The van der Waals surface area contributed by atoms with Crippen LogP contribution in [0, 0.1) is 33.9 Å². The van der Waals surface area contributed by atoms with Crippen molar-refractivity contribution in [3.8, 4) is 12.1 Å². The molecular formula is C26H28F2N8O. The van der Waals surface area contributed by atoms with Gasteiger partial charge in [-0.1, -0.05) is 6.42 Å². The van der Waals surface area contributed by atoms with Crippen molar-refractivity contribution in [2.45, 2.75) is 57.5 Å². The number of fused-ring (bicyclic) bond motifs is 2. The van der Waals surface area contributed by atoms with Crippen LogP contribution in [0.3, 0.4) is 0 Å². The third-order valence-corrected chi connectivity index (χ3v) is 8.11. The van der Waals surface area contributed by atoms with Gasteiger partial charge in [0.2, 0.25) is 5.91 Å². The summed E-state index contributed by atoms with van der Waals surface area (Å²) in [6, 6.07) is 4.82. The fraction of sp³-hybridized carbons (Fsp3) is 0.538. The highest BCUT2D eigenvalue weighted by molar-refractivity contribution is 5.86. The Bertz CT molecular complexity index is 1330. The Labute approximate surface area is 214 Å². The standard InChI is InChI=1S/C26H28F2N8O/c1-16-11-35(24(37)25(3,12-27)13-30)17(2)10-34(16)22-21-23(33-15-32-22)36(14-26(21)5-4-6-26)20-7-18(8-29)31-9-19(20)28/h7,9,15-17H,4-6,10-12,14H2,1-3H3/t16-,17+,25?/m0/s1. The maximum Gasteiger partial charge on any atom is 0.245 e. The molecule has 0 aromatic carbocycles. The third kappa shape index (κ3) is 3.76. The van der Waals surface area contributed by atoms with Crippen molar-refractivity contribution < 1.29 is 13.6 Å². The topological polar surface area (TPSA) is 113 Å². The van der Waals surface area contributed by atoms with E-state index in [2.05, 4.69) is 19.9 Å². The Balaban J connectivity index is 1.52. The number of pyridine rings is 1. The van der Waals surface area contributed by atoms with E-state index in [1.807, 2.05) is 30.9 Å². The molecule has 4 heterocycles. The number of carbonyl (C=O) groups excluding carboxylic acids is 1. The van der Waals surface area contributed by atoms with E-state index in [0.717, 1.165) is 36.8 Å². The van der Waals surface area contributed by atoms with Gasteiger partial charge >= 0.3 is 0 Å². The molecule has 9 nitrogen and oxygen atoms in total. The summed E-state index contributed by atoms with van der Waals surface area (Å²) in [5.41, 5.74) is -0.597. The molecule has 2 aliphatic heterocycles. The summed E-state index contributed by atoms with van der Waals surface area (Å²) in [5, 5.41) is 18.7. The Hall–Kier alpha value is -3.86. The molecule has 3 atom stereocenters. The molecule has 3 aliphatic rings. The molecule has 5 rings (SSSR count). The van der Waals surface area contributed by atoms with Crippen molar-refractivity contribution in [3.05, 3.63) is 35.7 Å². The van der Waals surface area contributed by atoms with E-state index in [1.165, 1.54) is 19.3 Å². The minimum Gasteiger partial charge on any atom is -0.350 e. The first kappa shape index (κ1) is 24.8. The second-order valence-electron chi connectivity index (χ2n) is 10.6. The molecule has 1 saturated heterocycles. The lowest BCUT2D eigenvalue weighted by molar-refractivity contribution is -0.142. The number of piperazine rings is 1. The normalized spacial score (nSPS) is 23.6. The van der Waals surface area contributed by atoms with Crippen molar-refractivity contribution in [2.24, 2.45) is 5.41 Å². The first-order valence-corrected chi connectivity index (χ1v) is 12.4. The van der Waals surface area contributed by atoms with E-state index < -0.39 is 23.8 Å². The highest BCUT2D eigenvalue weighted by Crippen LogP contribution is 2.56. The zero-order valence-corrected chi connectivity index (χ0v) is 21.1. The molecule has 0 N–H and O–H groups in total. The SMILES string of the molecule is C[C@@H]1CN(c2ncnc3c2C2(CCC2)CN3c2cc(C#N)ncc2F)[C@@H](C)CN1C(=O)C(C)(C#N)CF. The van der Waals surface area contributed by atoms with Crippen LogP contribution in [-0.2, 0) is 10.2 Å². The number of alkyl halides is 1. The van der Waals surface area contributed by atoms with E-state index in [4.69, 9.17) is 0 Å². The second-order valence-corrected chi connectivity index (χ2v) is 10.6. The zero-order valence-electron chi connectivity index (χ0n) is 21.1. The fourth-order valence-corrected chi connectivity index (χ4v) is 5.78. The molecular weight excluding hydrogens is 478 g/mol. The highest BCUT2D eigenvalue weighted by atomic mass is 19.1. The molecule has 1 saturated carbocycles. The quantitative estimate of drug-likeness (QED) is 0.620. The summed E-state index contributed by atoms with van der Waals surface area (Å²) in [7, 11) is 0. The molecule has 37 heavy (non-hydrogen) atoms. The predicted molar refractivity (Wildman–Crippen MR) is 131 cm³/mol. The second kappa shape index (κ2) is 8.91. The van der Waals surface area contributed by atoms with E-state index >= 15 is 0 Å². The first-order chi connectivity index (χ1) is 17.7. The number of carbonyl (C=O) groups is 1. The van der Waals surface area contributed by atoms with Crippen LogP contribution in [0.1, 0.15) is 51.3 Å². The van der Waals surface area contributed by atoms with E-state index in [9.17, 15) is 24.1 Å². The van der Waals surface area contributed by atoms with Crippen LogP contribution < -0.4 is 9.80 Å². The Morgan fingerprint density at radius 2 is 1.92 bits per heavy atom. The molecule has 1 amide bonds. The molecule has 2 fully saturated rings. The summed E-state index contributed by atoms with van der Waals surface area (Å²) in [6.45, 7) is 5.44. The molecule has 1 aliphatic carbocycles. The summed E-state index contributed by atoms with van der Waals surface area (Å²) in [5.74, 6) is 0.338. The number of halogens is 2. The van der Waals surface area contributed by atoms with Gasteiger partial charge in [0, 0.05) is 48.8 Å². The fourth-order valence-electron chi connectivity index (χ4n) is 5.78. The lowest BCUT2D eigenvalue weighted by atomic mass is 9.66. The maximum atomic E-state index is 14.9. The predicted octanol–water partition coefficient (Wildman–Crippen LogP) is 3.38. The average molecular weight is 507 g/mol. The average Bonchev–Trinajstić information content (AvgIpc) is 3.25. The summed E-state index contributed by atoms with van der Waals surface area (Å²) in [4.78, 5) is 31.7. The van der Waals surface area contributed by atoms with E-state index in [0.29, 0.717) is 25.5 Å². The molecule has 2 aromatic heterocycles. The van der Waals surface area contributed by atoms with Crippen LogP contribution in [0.15, 0.2) is 18.6 Å². The Kier molecular flexibility index (Phi) is 5.98. The largest absolute Gasteiger partial charge is 0.350 e. The molecule has 2 aromatic rings. The molecule has 0 radical (unpaired) electrons. The van der Waals surface area contributed by atoms with Gasteiger partial charge in [0.25, 0.3) is 0 Å². The van der Waals surface area contributed by atoms with Gasteiger partial charge in [0.1, 0.15) is 36.4 Å². The van der Waals surface area contributed by atoms with Crippen molar-refractivity contribution >= 4 is 23.2 Å². The van der Waals surface area contributed by atoms with Crippen LogP contribution in [-0.4, -0.2) is 64.2 Å². The van der Waals surface area contributed by atoms with Gasteiger partial charge in [-0.15, -0.1) is 0 Å². The number of aromatic nitrogens is 3. The van der Waals surface area contributed by atoms with Crippen LogP contribution in [0.2, 0.25) is 0 Å². The van der Waals surface area contributed by atoms with Gasteiger partial charge < -0.3 is 14.7 Å². The van der Waals surface area contributed by atoms with Crippen molar-refractivity contribution in [1.29, 1.82) is 10.5 Å². The monoisotopic (exact) mass is 506 g/mol. The van der Waals surface area contributed by atoms with Crippen LogP contribution in [0.25, 0.3) is 0 Å². The molecule has 192 valence electrons. The minimum atomic E-state index is -1.71. The summed E-state index contributed by atoms with van der Waals surface area (Å²) < 4.78 is 28.5. The van der Waals surface area contributed by atoms with Gasteiger partial charge in [-0.25, -0.2) is 23.7 Å². The highest BCUT2D eigenvalue weighted by Gasteiger charge is 2.52. The number of rotatable bonds is 4. The van der Waals surface area contributed by atoms with Gasteiger partial charge in [-0.05, 0) is 33.6 Å². The minimum absolute atomic E-state index is 0.127. The van der Waals surface area contributed by atoms with Crippen molar-refractivity contribution in [3.63, 3.8) is 0 Å². The smallest absolute Gasteiger partial charge is 0.245 e. The van der Waals surface area contributed by atoms with E-state index in [1.54, 1.807) is 4.90 Å². The molecule has 0 bridgehead atoms. The third-order valence-electron chi connectivity index (χ3n) is 8.11. The lowest BCUT2D eigenvalue weighted by Gasteiger charge is -2.47. The molecule has 11 heteroatoms. The lowest BCUT2D eigenvalue weighted by Crippen LogP contribution is -2.61. The number of nitriles is 2. The summed E-state index contributed by atoms with van der Waals surface area (Å²) >= 11 is 0. The Morgan fingerprint density at radius 1 is 1.19 bits per heavy atom. The van der Waals surface area contributed by atoms with E-state index in [-0.39, 0.29) is 28.9 Å². The van der Waals surface area contributed by atoms with Gasteiger partial charge in [0.05, 0.1) is 18.0 Å². The maximum absolute atomic E-state index is 14.9. The number of nitrogens with zero attached hydrogens (tertiary/aromatic N) is 8. The number of hydrogen-bond donors (Lipinski definition) is 0. The number of amides is 1. The van der Waals surface area contributed by atoms with Crippen LogP contribution >= 0.6 is 0 Å². The van der Waals surface area contributed by atoms with Gasteiger partial charge in [-0.3, -0.25) is 4.79 Å². The van der Waals surface area contributed by atoms with Gasteiger partial charge in [-0.2, -0.15) is 10.5 Å². The first-order valence-electron chi connectivity index (χ1n) is 12.4. The molecule has 1 unspecified atom stereocenters. The number of anilines is 3. The van der Waals surface area contributed by atoms with Crippen LogP contribution in [0.4, 0.5) is 26.1 Å². The summed E-state index contributed by atoms with van der Waals surface area (Å²) in [6.07, 6.45) is 5.39. The zero-order chi connectivity index (χ0) is 26.5. The number of hydrogen-bond acceptors (Lipinski definition) is 8. The Morgan fingerprint density at radius 3 is 2.54 bits per heavy atom. The van der Waals surface area contributed by atoms with Crippen LogP contribution in [0.5, 0.6) is 0 Å². The molecule has 1 spiro atoms. The van der Waals surface area contributed by atoms with Gasteiger partial charge in [0.15, 0.2) is 11.2 Å². The van der Waals surface area contributed by atoms with Crippen molar-refractivity contribution in [2.75, 3.05) is 36.1 Å².